The van der Waals surface area contributed by atoms with E-state index in [0.717, 1.165) is 38.9 Å². The van der Waals surface area contributed by atoms with Gasteiger partial charge in [0.1, 0.15) is 5.84 Å². The van der Waals surface area contributed by atoms with Crippen molar-refractivity contribution in [3.63, 3.8) is 0 Å². The van der Waals surface area contributed by atoms with E-state index >= 15 is 0 Å². The summed E-state index contributed by atoms with van der Waals surface area (Å²) in [6.45, 7) is 8.93. The monoisotopic (exact) mass is 245 g/mol. The molecule has 0 unspecified atom stereocenters. The van der Waals surface area contributed by atoms with E-state index < -0.39 is 0 Å². The summed E-state index contributed by atoms with van der Waals surface area (Å²) in [6.07, 6.45) is 2.93. The fraction of sp³-hybridized carbons (Fsp3) is 0.917. The summed E-state index contributed by atoms with van der Waals surface area (Å²) in [6, 6.07) is 0. The number of nitrogens with two attached hydrogens (primary N) is 1. The van der Waals surface area contributed by atoms with Gasteiger partial charge < -0.3 is 20.9 Å². The number of nitrogens with zero attached hydrogens (tertiary/aromatic N) is 2. The number of aliphatic hydroxyl groups is 1. The molecule has 0 amide bonds. The molecule has 0 aliphatic rings. The third kappa shape index (κ3) is 6.48. The molecule has 5 heteroatoms. The molecule has 0 aromatic rings. The lowest BCUT2D eigenvalue weighted by Gasteiger charge is -2.25. The van der Waals surface area contributed by atoms with Crippen LogP contribution in [0.2, 0.25) is 0 Å². The minimum Gasteiger partial charge on any atom is -0.409 e. The lowest BCUT2D eigenvalue weighted by atomic mass is 9.86. The Balaban J connectivity index is 4.02. The molecule has 17 heavy (non-hydrogen) atoms. The van der Waals surface area contributed by atoms with Crippen LogP contribution in [0.1, 0.15) is 40.0 Å². The molecular weight excluding hydrogens is 218 g/mol. The van der Waals surface area contributed by atoms with Crippen molar-refractivity contribution in [3.05, 3.63) is 0 Å². The fourth-order valence-corrected chi connectivity index (χ4v) is 1.80. The maximum Gasteiger partial charge on any atom is 0.144 e. The average Bonchev–Trinajstić information content (AvgIpc) is 2.28. The van der Waals surface area contributed by atoms with Gasteiger partial charge in [0.15, 0.2) is 0 Å². The van der Waals surface area contributed by atoms with Gasteiger partial charge >= 0.3 is 0 Å². The van der Waals surface area contributed by atoms with Crippen LogP contribution >= 0.6 is 0 Å². The first-order valence-electron chi connectivity index (χ1n) is 6.29. The van der Waals surface area contributed by atoms with E-state index in [2.05, 4.69) is 17.0 Å². The van der Waals surface area contributed by atoms with Gasteiger partial charge in [-0.2, -0.15) is 0 Å². The normalized spacial score (nSPS) is 13.4. The van der Waals surface area contributed by atoms with Crippen molar-refractivity contribution in [1.82, 2.24) is 4.90 Å². The Labute approximate surface area is 104 Å². The van der Waals surface area contributed by atoms with Crippen molar-refractivity contribution in [2.24, 2.45) is 16.3 Å². The van der Waals surface area contributed by atoms with E-state index in [9.17, 15) is 0 Å². The predicted molar refractivity (Wildman–Crippen MR) is 70.2 cm³/mol. The highest BCUT2D eigenvalue weighted by atomic mass is 16.4. The molecular formula is C12H27N3O2. The molecule has 102 valence electrons. The van der Waals surface area contributed by atoms with Gasteiger partial charge in [0, 0.05) is 12.0 Å². The Bertz CT molecular complexity index is 224. The lowest BCUT2D eigenvalue weighted by molar-refractivity contribution is 0.190. The molecule has 0 saturated carbocycles. The summed E-state index contributed by atoms with van der Waals surface area (Å²) in [4.78, 5) is 2.24. The molecule has 0 aliphatic heterocycles. The summed E-state index contributed by atoms with van der Waals surface area (Å²) in [7, 11) is 0. The van der Waals surface area contributed by atoms with Crippen LogP contribution in [0.5, 0.6) is 0 Å². The van der Waals surface area contributed by atoms with Crippen LogP contribution in [0.3, 0.4) is 0 Å². The lowest BCUT2D eigenvalue weighted by Crippen LogP contribution is -2.34. The van der Waals surface area contributed by atoms with Gasteiger partial charge in [-0.25, -0.2) is 0 Å². The van der Waals surface area contributed by atoms with E-state index in [1.165, 1.54) is 0 Å². The van der Waals surface area contributed by atoms with Gasteiger partial charge in [0.25, 0.3) is 0 Å². The number of amidine groups is 1. The Morgan fingerprint density at radius 1 is 1.29 bits per heavy atom. The van der Waals surface area contributed by atoms with E-state index in [1.807, 2.05) is 13.8 Å². The van der Waals surface area contributed by atoms with Crippen LogP contribution in [-0.4, -0.2) is 47.3 Å². The number of hydrogen-bond donors (Lipinski definition) is 3. The Hall–Kier alpha value is -0.810. The second-order valence-corrected chi connectivity index (χ2v) is 5.04. The molecule has 0 aromatic heterocycles. The van der Waals surface area contributed by atoms with Crippen LogP contribution in [-0.2, 0) is 0 Å². The smallest absolute Gasteiger partial charge is 0.144 e. The van der Waals surface area contributed by atoms with Crippen LogP contribution in [0, 0.1) is 5.41 Å². The molecule has 0 bridgehead atoms. The minimum absolute atomic E-state index is 0.198. The number of oxime groups is 1. The summed E-state index contributed by atoms with van der Waals surface area (Å²) in [5, 5.41) is 20.7. The van der Waals surface area contributed by atoms with E-state index in [1.54, 1.807) is 0 Å². The van der Waals surface area contributed by atoms with Gasteiger partial charge in [-0.05, 0) is 32.4 Å². The first kappa shape index (κ1) is 16.2. The van der Waals surface area contributed by atoms with Gasteiger partial charge in [-0.1, -0.05) is 25.9 Å². The van der Waals surface area contributed by atoms with Crippen molar-refractivity contribution < 1.29 is 10.3 Å². The highest BCUT2D eigenvalue weighted by Crippen LogP contribution is 2.22. The van der Waals surface area contributed by atoms with Crippen LogP contribution in [0.15, 0.2) is 5.16 Å². The second kappa shape index (κ2) is 8.31. The molecule has 0 saturated heterocycles. The number of hydrogen-bond acceptors (Lipinski definition) is 4. The first-order valence-corrected chi connectivity index (χ1v) is 6.29. The highest BCUT2D eigenvalue weighted by molar-refractivity contribution is 5.85. The molecule has 0 rings (SSSR count). The molecule has 0 heterocycles. The second-order valence-electron chi connectivity index (χ2n) is 5.04. The SMILES string of the molecule is CCCN(CCO)CCCC(C)(C)C(N)=NO. The zero-order valence-corrected chi connectivity index (χ0v) is 11.3. The third-order valence-electron chi connectivity index (χ3n) is 3.03. The molecule has 0 aromatic carbocycles. The Morgan fingerprint density at radius 2 is 1.94 bits per heavy atom. The molecule has 0 aliphatic carbocycles. The van der Waals surface area contributed by atoms with Gasteiger partial charge in [-0.3, -0.25) is 0 Å². The maximum absolute atomic E-state index is 8.93. The van der Waals surface area contributed by atoms with Crippen LogP contribution in [0.4, 0.5) is 0 Å². The fourth-order valence-electron chi connectivity index (χ4n) is 1.80. The Kier molecular flexibility index (Phi) is 7.91. The minimum atomic E-state index is -0.272. The largest absolute Gasteiger partial charge is 0.409 e. The van der Waals surface area contributed by atoms with E-state index in [4.69, 9.17) is 16.0 Å². The van der Waals surface area contributed by atoms with E-state index in [-0.39, 0.29) is 17.9 Å². The van der Waals surface area contributed by atoms with Crippen LogP contribution in [0.25, 0.3) is 0 Å². The molecule has 0 atom stereocenters. The van der Waals surface area contributed by atoms with Gasteiger partial charge in [-0.15, -0.1) is 0 Å². The number of rotatable bonds is 9. The van der Waals surface area contributed by atoms with Crippen molar-refractivity contribution in [1.29, 1.82) is 0 Å². The van der Waals surface area contributed by atoms with E-state index in [0.29, 0.717) is 0 Å². The third-order valence-corrected chi connectivity index (χ3v) is 3.03. The summed E-state index contributed by atoms with van der Waals surface area (Å²) in [5.74, 6) is 0.279. The van der Waals surface area contributed by atoms with Gasteiger partial charge in [0.2, 0.25) is 0 Å². The molecule has 0 fully saturated rings. The van der Waals surface area contributed by atoms with Crippen molar-refractivity contribution in [2.45, 2.75) is 40.0 Å². The highest BCUT2D eigenvalue weighted by Gasteiger charge is 2.23. The standard InChI is InChI=1S/C12H27N3O2/c1-4-7-15(9-10-16)8-5-6-12(2,3)11(13)14-17/h16-17H,4-10H2,1-3H3,(H2,13,14). The summed E-state index contributed by atoms with van der Waals surface area (Å²) >= 11 is 0. The average molecular weight is 245 g/mol. The zero-order chi connectivity index (χ0) is 13.3. The molecule has 0 spiro atoms. The summed E-state index contributed by atoms with van der Waals surface area (Å²) in [5.41, 5.74) is 5.36. The topological polar surface area (TPSA) is 82.1 Å². The number of aliphatic hydroxyl groups excluding tert-OH is 1. The predicted octanol–water partition coefficient (Wildman–Crippen LogP) is 1.24. The zero-order valence-electron chi connectivity index (χ0n) is 11.3. The first-order chi connectivity index (χ1) is 7.97. The van der Waals surface area contributed by atoms with Crippen molar-refractivity contribution >= 4 is 5.84 Å². The van der Waals surface area contributed by atoms with Crippen LogP contribution < -0.4 is 5.73 Å². The maximum atomic E-state index is 8.93. The van der Waals surface area contributed by atoms with Gasteiger partial charge in [0.05, 0.1) is 6.61 Å². The van der Waals surface area contributed by atoms with Crippen molar-refractivity contribution in [2.75, 3.05) is 26.2 Å². The summed E-state index contributed by atoms with van der Waals surface area (Å²) < 4.78 is 0. The molecule has 4 N–H and O–H groups in total. The van der Waals surface area contributed by atoms with Crippen molar-refractivity contribution in [3.8, 4) is 0 Å². The molecule has 0 radical (unpaired) electrons. The Morgan fingerprint density at radius 3 is 2.41 bits per heavy atom. The quantitative estimate of drug-likeness (QED) is 0.247. The molecule has 5 nitrogen and oxygen atoms in total.